The van der Waals surface area contributed by atoms with E-state index in [9.17, 15) is 0 Å². The van der Waals surface area contributed by atoms with Crippen molar-refractivity contribution in [2.75, 3.05) is 6.61 Å². The molecule has 0 unspecified atom stereocenters. The molecule has 0 aromatic carbocycles. The molecular weight excluding hydrogens is 180 g/mol. The number of aliphatic hydroxyl groups excluding tert-OH is 1. The molecule has 0 aliphatic carbocycles. The third kappa shape index (κ3) is 1.77. The fourth-order valence-electron chi connectivity index (χ4n) is 1.17. The lowest BCUT2D eigenvalue weighted by Gasteiger charge is -1.95. The topological polar surface area (TPSA) is 63.8 Å². The van der Waals surface area contributed by atoms with Gasteiger partial charge in [0.1, 0.15) is 0 Å². The maximum Gasteiger partial charge on any atom is 0.0916 e. The van der Waals surface area contributed by atoms with Gasteiger partial charge in [0.2, 0.25) is 0 Å². The third-order valence-electron chi connectivity index (χ3n) is 1.82. The van der Waals surface area contributed by atoms with E-state index in [4.69, 9.17) is 5.11 Å². The van der Waals surface area contributed by atoms with E-state index >= 15 is 0 Å². The van der Waals surface area contributed by atoms with Crippen molar-refractivity contribution >= 4 is 0 Å². The van der Waals surface area contributed by atoms with Crippen molar-refractivity contribution in [1.29, 1.82) is 0 Å². The number of aliphatic hydroxyl groups is 1. The summed E-state index contributed by atoms with van der Waals surface area (Å²) in [6.45, 7) is 0.585. The fraction of sp³-hybridized carbons (Fsp3) is 0.222. The summed E-state index contributed by atoms with van der Waals surface area (Å²) in [7, 11) is 0. The van der Waals surface area contributed by atoms with Crippen LogP contribution in [0, 0.1) is 0 Å². The summed E-state index contributed by atoms with van der Waals surface area (Å²) in [5.41, 5.74) is 1.70. The van der Waals surface area contributed by atoms with Crippen LogP contribution in [0.2, 0.25) is 0 Å². The van der Waals surface area contributed by atoms with E-state index in [-0.39, 0.29) is 6.61 Å². The number of nitrogens with zero attached hydrogens (tertiary/aromatic N) is 4. The van der Waals surface area contributed by atoms with E-state index in [1.807, 2.05) is 6.20 Å². The molecule has 0 bridgehead atoms. The highest BCUT2D eigenvalue weighted by Gasteiger charge is 2.01. The van der Waals surface area contributed by atoms with Crippen molar-refractivity contribution in [2.45, 2.75) is 6.54 Å². The van der Waals surface area contributed by atoms with E-state index in [0.717, 1.165) is 11.3 Å². The maximum absolute atomic E-state index is 8.71. The van der Waals surface area contributed by atoms with Gasteiger partial charge in [-0.15, -0.1) is 0 Å². The molecule has 0 spiro atoms. The maximum atomic E-state index is 8.71. The molecule has 5 nitrogen and oxygen atoms in total. The van der Waals surface area contributed by atoms with Crippen molar-refractivity contribution in [3.8, 4) is 11.3 Å². The molecule has 0 atom stereocenters. The van der Waals surface area contributed by atoms with Crippen LogP contribution < -0.4 is 0 Å². The first-order chi connectivity index (χ1) is 6.90. The Hall–Kier alpha value is -1.75. The highest BCUT2D eigenvalue weighted by atomic mass is 16.3. The molecule has 2 heterocycles. The fourth-order valence-corrected chi connectivity index (χ4v) is 1.17. The van der Waals surface area contributed by atoms with Crippen molar-refractivity contribution in [2.24, 2.45) is 0 Å². The summed E-state index contributed by atoms with van der Waals surface area (Å²) >= 11 is 0. The summed E-state index contributed by atoms with van der Waals surface area (Å²) in [4.78, 5) is 8.11. The van der Waals surface area contributed by atoms with Gasteiger partial charge in [-0.2, -0.15) is 5.10 Å². The van der Waals surface area contributed by atoms with Gasteiger partial charge < -0.3 is 5.11 Å². The molecule has 1 N–H and O–H groups in total. The molecule has 2 aromatic rings. The minimum absolute atomic E-state index is 0.0849. The predicted octanol–water partition coefficient (Wildman–Crippen LogP) is 0.332. The predicted molar refractivity (Wildman–Crippen MR) is 50.3 cm³/mol. The number of hydrogen-bond donors (Lipinski definition) is 1. The second-order valence-corrected chi connectivity index (χ2v) is 2.81. The number of aromatic nitrogens is 4. The highest BCUT2D eigenvalue weighted by molar-refractivity contribution is 5.55. The summed E-state index contributed by atoms with van der Waals surface area (Å²) in [6, 6.07) is 0. The Morgan fingerprint density at radius 2 is 2.21 bits per heavy atom. The Bertz CT molecular complexity index is 398. The van der Waals surface area contributed by atoms with Crippen molar-refractivity contribution < 1.29 is 5.11 Å². The first kappa shape index (κ1) is 8.83. The molecule has 14 heavy (non-hydrogen) atoms. The van der Waals surface area contributed by atoms with Gasteiger partial charge in [-0.25, -0.2) is 0 Å². The first-order valence-electron chi connectivity index (χ1n) is 4.30. The first-order valence-corrected chi connectivity index (χ1v) is 4.30. The van der Waals surface area contributed by atoms with Crippen LogP contribution in [0.4, 0.5) is 0 Å². The van der Waals surface area contributed by atoms with Crippen LogP contribution in [0.25, 0.3) is 11.3 Å². The lowest BCUT2D eigenvalue weighted by molar-refractivity contribution is 0.269. The minimum Gasteiger partial charge on any atom is -0.394 e. The second kappa shape index (κ2) is 3.97. The normalized spacial score (nSPS) is 10.4. The van der Waals surface area contributed by atoms with E-state index in [0.29, 0.717) is 6.54 Å². The highest BCUT2D eigenvalue weighted by Crippen LogP contribution is 2.13. The molecule has 0 aliphatic heterocycles. The van der Waals surface area contributed by atoms with Crippen molar-refractivity contribution in [1.82, 2.24) is 19.7 Å². The smallest absolute Gasteiger partial charge is 0.0916 e. The van der Waals surface area contributed by atoms with Crippen LogP contribution in [-0.2, 0) is 6.54 Å². The van der Waals surface area contributed by atoms with Crippen molar-refractivity contribution in [3.63, 3.8) is 0 Å². The number of hydrogen-bond acceptors (Lipinski definition) is 4. The second-order valence-electron chi connectivity index (χ2n) is 2.81. The Morgan fingerprint density at radius 3 is 2.93 bits per heavy atom. The van der Waals surface area contributed by atoms with Gasteiger partial charge in [-0.1, -0.05) is 0 Å². The van der Waals surface area contributed by atoms with Gasteiger partial charge >= 0.3 is 0 Å². The largest absolute Gasteiger partial charge is 0.394 e. The van der Waals surface area contributed by atoms with Gasteiger partial charge in [0.05, 0.1) is 31.2 Å². The average molecular weight is 190 g/mol. The van der Waals surface area contributed by atoms with Crippen LogP contribution in [-0.4, -0.2) is 31.5 Å². The van der Waals surface area contributed by atoms with Gasteiger partial charge in [-0.3, -0.25) is 14.6 Å². The lowest BCUT2D eigenvalue weighted by atomic mass is 10.3. The van der Waals surface area contributed by atoms with Gasteiger partial charge in [0, 0.05) is 24.2 Å². The summed E-state index contributed by atoms with van der Waals surface area (Å²) in [6.07, 6.45) is 8.49. The van der Waals surface area contributed by atoms with Crippen LogP contribution in [0.15, 0.2) is 31.0 Å². The standard InChI is InChI=1S/C9H10N4O/c14-4-3-13-7-8(5-12-13)9-6-10-1-2-11-9/h1-2,5-7,14H,3-4H2. The molecule has 2 aromatic heterocycles. The molecule has 72 valence electrons. The van der Waals surface area contributed by atoms with E-state index < -0.39 is 0 Å². The van der Waals surface area contributed by atoms with E-state index in [2.05, 4.69) is 15.1 Å². The molecule has 2 rings (SSSR count). The summed E-state index contributed by atoms with van der Waals surface area (Å²) in [5, 5.41) is 12.8. The molecule has 0 amide bonds. The molecule has 0 aliphatic rings. The van der Waals surface area contributed by atoms with Crippen LogP contribution in [0.1, 0.15) is 0 Å². The minimum atomic E-state index is 0.0849. The molecule has 0 saturated heterocycles. The van der Waals surface area contributed by atoms with Crippen molar-refractivity contribution in [3.05, 3.63) is 31.0 Å². The number of rotatable bonds is 3. The Balaban J connectivity index is 2.25. The Morgan fingerprint density at radius 1 is 1.29 bits per heavy atom. The van der Waals surface area contributed by atoms with Gasteiger partial charge in [-0.05, 0) is 0 Å². The van der Waals surface area contributed by atoms with Crippen LogP contribution >= 0.6 is 0 Å². The molecule has 0 radical (unpaired) electrons. The molecular formula is C9H10N4O. The van der Waals surface area contributed by atoms with E-state index in [1.54, 1.807) is 29.5 Å². The Kier molecular flexibility index (Phi) is 2.51. The molecule has 0 saturated carbocycles. The summed E-state index contributed by atoms with van der Waals surface area (Å²) in [5.74, 6) is 0. The quantitative estimate of drug-likeness (QED) is 0.757. The van der Waals surface area contributed by atoms with Crippen LogP contribution in [0.5, 0.6) is 0 Å². The van der Waals surface area contributed by atoms with Gasteiger partial charge in [0.25, 0.3) is 0 Å². The zero-order valence-electron chi connectivity index (χ0n) is 7.54. The Labute approximate surface area is 81.1 Å². The summed E-state index contributed by atoms with van der Waals surface area (Å²) < 4.78 is 1.67. The third-order valence-corrected chi connectivity index (χ3v) is 1.82. The lowest BCUT2D eigenvalue weighted by Crippen LogP contribution is -2.01. The zero-order valence-corrected chi connectivity index (χ0v) is 7.54. The average Bonchev–Trinajstić information content (AvgIpc) is 2.68. The van der Waals surface area contributed by atoms with Gasteiger partial charge in [0.15, 0.2) is 0 Å². The van der Waals surface area contributed by atoms with Crippen LogP contribution in [0.3, 0.4) is 0 Å². The van der Waals surface area contributed by atoms with E-state index in [1.165, 1.54) is 0 Å². The SMILES string of the molecule is OCCn1cc(-c2cnccn2)cn1. The monoisotopic (exact) mass is 190 g/mol. The molecule has 5 heteroatoms. The molecule has 0 fully saturated rings. The zero-order chi connectivity index (χ0) is 9.80.